The molecule has 6 heteroatoms. The van der Waals surface area contributed by atoms with E-state index in [1.807, 2.05) is 43.3 Å². The molecule has 0 saturated heterocycles. The number of carboxylic acids is 1. The minimum atomic E-state index is -1.08. The molecule has 0 fully saturated rings. The molecule has 3 rings (SSSR count). The van der Waals surface area contributed by atoms with Crippen LogP contribution in [0.3, 0.4) is 0 Å². The van der Waals surface area contributed by atoms with Gasteiger partial charge in [-0.3, -0.25) is 9.59 Å². The van der Waals surface area contributed by atoms with Gasteiger partial charge in [0, 0.05) is 5.69 Å². The summed E-state index contributed by atoms with van der Waals surface area (Å²) in [5.74, 6) is -2.09. The summed E-state index contributed by atoms with van der Waals surface area (Å²) < 4.78 is 0. The van der Waals surface area contributed by atoms with E-state index >= 15 is 0 Å². The van der Waals surface area contributed by atoms with Gasteiger partial charge < -0.3 is 15.3 Å². The molecule has 140 valence electrons. The van der Waals surface area contributed by atoms with Crippen molar-refractivity contribution in [1.82, 2.24) is 5.32 Å². The molecule has 0 radical (unpaired) electrons. The van der Waals surface area contributed by atoms with Crippen molar-refractivity contribution in [2.75, 3.05) is 4.90 Å². The van der Waals surface area contributed by atoms with Gasteiger partial charge in [0.05, 0.1) is 17.7 Å². The number of hydrogen-bond acceptors (Lipinski definition) is 3. The maximum Gasteiger partial charge on any atom is 0.326 e. The van der Waals surface area contributed by atoms with Gasteiger partial charge in [-0.05, 0) is 29.7 Å². The molecule has 6 nitrogen and oxygen atoms in total. The number of carboxylic acid groups (broad SMARTS) is 1. The van der Waals surface area contributed by atoms with Crippen molar-refractivity contribution >= 4 is 23.5 Å². The quantitative estimate of drug-likeness (QED) is 0.823. The molecule has 1 heterocycles. The Hall–Kier alpha value is -3.15. The number of amides is 2. The standard InChI is InChI=1S/C21H22N2O4/c1-3-13(2)18(21(26)27)22-19(24)16-11-7-8-14-12-23(20(25)17(14)16)15-9-5-4-6-10-15/h4-11,13,18H,3,12H2,1-2H3,(H,22,24)(H,26,27)/t13-,18+/m1/s1. The summed E-state index contributed by atoms with van der Waals surface area (Å²) in [4.78, 5) is 38.9. The minimum absolute atomic E-state index is 0.213. The number of nitrogens with zero attached hydrogens (tertiary/aromatic N) is 1. The molecule has 2 N–H and O–H groups in total. The van der Waals surface area contributed by atoms with Gasteiger partial charge in [0.25, 0.3) is 11.8 Å². The van der Waals surface area contributed by atoms with Gasteiger partial charge in [0.15, 0.2) is 0 Å². The highest BCUT2D eigenvalue weighted by atomic mass is 16.4. The number of benzene rings is 2. The third kappa shape index (κ3) is 3.56. The Morgan fingerprint density at radius 2 is 1.85 bits per heavy atom. The van der Waals surface area contributed by atoms with E-state index in [1.165, 1.54) is 0 Å². The Balaban J connectivity index is 1.90. The monoisotopic (exact) mass is 366 g/mol. The molecule has 0 aromatic heterocycles. The zero-order chi connectivity index (χ0) is 19.6. The van der Waals surface area contributed by atoms with Crippen LogP contribution in [-0.2, 0) is 11.3 Å². The molecule has 27 heavy (non-hydrogen) atoms. The summed E-state index contributed by atoms with van der Waals surface area (Å²) >= 11 is 0. The minimum Gasteiger partial charge on any atom is -0.480 e. The SMILES string of the molecule is CC[C@@H](C)[C@H](NC(=O)c1cccc2c1C(=O)N(c1ccccc1)C2)C(=O)O. The largest absolute Gasteiger partial charge is 0.480 e. The van der Waals surface area contributed by atoms with E-state index < -0.39 is 17.9 Å². The normalized spacial score (nSPS) is 15.2. The zero-order valence-electron chi connectivity index (χ0n) is 15.3. The lowest BCUT2D eigenvalue weighted by Gasteiger charge is -2.20. The second kappa shape index (κ2) is 7.61. The highest BCUT2D eigenvalue weighted by Gasteiger charge is 2.34. The Bertz CT molecular complexity index is 879. The molecule has 2 aromatic carbocycles. The average Bonchev–Trinajstić information content (AvgIpc) is 3.02. The van der Waals surface area contributed by atoms with E-state index in [1.54, 1.807) is 24.0 Å². The van der Waals surface area contributed by atoms with Gasteiger partial charge in [0.2, 0.25) is 0 Å². The van der Waals surface area contributed by atoms with E-state index in [4.69, 9.17) is 0 Å². The van der Waals surface area contributed by atoms with E-state index in [9.17, 15) is 19.5 Å². The molecular formula is C21H22N2O4. The fourth-order valence-electron chi connectivity index (χ4n) is 3.27. The van der Waals surface area contributed by atoms with Crippen LogP contribution in [-0.4, -0.2) is 28.9 Å². The van der Waals surface area contributed by atoms with Crippen molar-refractivity contribution in [2.45, 2.75) is 32.9 Å². The second-order valence-electron chi connectivity index (χ2n) is 6.74. The number of aliphatic carboxylic acids is 1. The zero-order valence-corrected chi connectivity index (χ0v) is 15.3. The summed E-state index contributed by atoms with van der Waals surface area (Å²) in [5.41, 5.74) is 2.07. The summed E-state index contributed by atoms with van der Waals surface area (Å²) in [5, 5.41) is 12.0. The maximum absolute atomic E-state index is 13.0. The van der Waals surface area contributed by atoms with Gasteiger partial charge in [-0.15, -0.1) is 0 Å². The lowest BCUT2D eigenvalue weighted by molar-refractivity contribution is -0.140. The van der Waals surface area contributed by atoms with E-state index in [0.717, 1.165) is 11.3 Å². The topological polar surface area (TPSA) is 86.7 Å². The van der Waals surface area contributed by atoms with E-state index in [-0.39, 0.29) is 17.4 Å². The van der Waals surface area contributed by atoms with Crippen LogP contribution in [0.25, 0.3) is 0 Å². The highest BCUT2D eigenvalue weighted by molar-refractivity contribution is 6.16. The molecule has 0 saturated carbocycles. The molecule has 0 spiro atoms. The number of nitrogens with one attached hydrogen (secondary N) is 1. The van der Waals surface area contributed by atoms with Gasteiger partial charge in [-0.1, -0.05) is 50.6 Å². The molecule has 0 unspecified atom stereocenters. The van der Waals surface area contributed by atoms with Crippen molar-refractivity contribution in [3.05, 3.63) is 65.2 Å². The predicted molar refractivity (Wildman–Crippen MR) is 102 cm³/mol. The first-order chi connectivity index (χ1) is 12.9. The second-order valence-corrected chi connectivity index (χ2v) is 6.74. The first kappa shape index (κ1) is 18.6. The van der Waals surface area contributed by atoms with Crippen LogP contribution in [0.4, 0.5) is 5.69 Å². The Kier molecular flexibility index (Phi) is 5.26. The number of rotatable bonds is 6. The smallest absolute Gasteiger partial charge is 0.326 e. The summed E-state index contributed by atoms with van der Waals surface area (Å²) in [6.07, 6.45) is 0.616. The van der Waals surface area contributed by atoms with Gasteiger partial charge in [0.1, 0.15) is 6.04 Å². The number of para-hydroxylation sites is 1. The van der Waals surface area contributed by atoms with Crippen molar-refractivity contribution in [3.8, 4) is 0 Å². The lowest BCUT2D eigenvalue weighted by Crippen LogP contribution is -2.45. The molecule has 2 atom stereocenters. The van der Waals surface area contributed by atoms with Crippen molar-refractivity contribution in [3.63, 3.8) is 0 Å². The molecule has 2 amide bonds. The molecule has 0 aliphatic carbocycles. The summed E-state index contributed by atoms with van der Waals surface area (Å²) in [6.45, 7) is 4.03. The fraction of sp³-hybridized carbons (Fsp3) is 0.286. The van der Waals surface area contributed by atoms with Gasteiger partial charge in [-0.2, -0.15) is 0 Å². The van der Waals surface area contributed by atoms with Crippen LogP contribution in [0.5, 0.6) is 0 Å². The van der Waals surface area contributed by atoms with Crippen LogP contribution in [0.1, 0.15) is 46.5 Å². The lowest BCUT2D eigenvalue weighted by atomic mass is 9.97. The highest BCUT2D eigenvalue weighted by Crippen LogP contribution is 2.30. The van der Waals surface area contributed by atoms with Crippen LogP contribution in [0.2, 0.25) is 0 Å². The number of hydrogen-bond donors (Lipinski definition) is 2. The summed E-state index contributed by atoms with van der Waals surface area (Å²) in [6, 6.07) is 13.4. The molecule has 2 aromatic rings. The van der Waals surface area contributed by atoms with Crippen molar-refractivity contribution in [2.24, 2.45) is 5.92 Å². The maximum atomic E-state index is 13.0. The van der Waals surface area contributed by atoms with E-state index in [0.29, 0.717) is 18.5 Å². The van der Waals surface area contributed by atoms with Crippen LogP contribution in [0, 0.1) is 5.92 Å². The van der Waals surface area contributed by atoms with Crippen molar-refractivity contribution < 1.29 is 19.5 Å². The van der Waals surface area contributed by atoms with Crippen LogP contribution in [0.15, 0.2) is 48.5 Å². The first-order valence-corrected chi connectivity index (χ1v) is 8.96. The van der Waals surface area contributed by atoms with Gasteiger partial charge in [-0.25, -0.2) is 4.79 Å². The molecule has 1 aliphatic rings. The van der Waals surface area contributed by atoms with Crippen molar-refractivity contribution in [1.29, 1.82) is 0 Å². The molecule has 1 aliphatic heterocycles. The Morgan fingerprint density at radius 3 is 2.48 bits per heavy atom. The molecular weight excluding hydrogens is 344 g/mol. The number of anilines is 1. The van der Waals surface area contributed by atoms with Crippen LogP contribution >= 0.6 is 0 Å². The van der Waals surface area contributed by atoms with Crippen LogP contribution < -0.4 is 10.2 Å². The third-order valence-corrected chi connectivity index (χ3v) is 5.02. The van der Waals surface area contributed by atoms with Gasteiger partial charge >= 0.3 is 5.97 Å². The molecule has 0 bridgehead atoms. The Labute approximate surface area is 157 Å². The predicted octanol–water partition coefficient (Wildman–Crippen LogP) is 3.08. The number of carbonyl (C=O) groups excluding carboxylic acids is 2. The number of fused-ring (bicyclic) bond motifs is 1. The fourth-order valence-corrected chi connectivity index (χ4v) is 3.27. The third-order valence-electron chi connectivity index (χ3n) is 5.02. The average molecular weight is 366 g/mol. The Morgan fingerprint density at radius 1 is 1.15 bits per heavy atom. The van der Waals surface area contributed by atoms with E-state index in [2.05, 4.69) is 5.32 Å². The number of carbonyl (C=O) groups is 3. The summed E-state index contributed by atoms with van der Waals surface area (Å²) in [7, 11) is 0. The first-order valence-electron chi connectivity index (χ1n) is 8.96.